The van der Waals surface area contributed by atoms with Gasteiger partial charge in [-0.05, 0) is 104 Å². The van der Waals surface area contributed by atoms with Crippen LogP contribution in [0, 0.1) is 6.92 Å². The van der Waals surface area contributed by atoms with Gasteiger partial charge in [0.1, 0.15) is 0 Å². The summed E-state index contributed by atoms with van der Waals surface area (Å²) in [5.41, 5.74) is 6.03. The predicted octanol–water partition coefficient (Wildman–Crippen LogP) is 7.30. The van der Waals surface area contributed by atoms with Gasteiger partial charge < -0.3 is 9.46 Å². The van der Waals surface area contributed by atoms with E-state index in [0.29, 0.717) is 6.61 Å². The molecule has 0 atom stereocenters. The van der Waals surface area contributed by atoms with Gasteiger partial charge in [-0.15, -0.1) is 0 Å². The molecular formula is C27H37NO2S. The molecule has 0 fully saturated rings. The number of hydrogen-bond donors (Lipinski definition) is 1. The zero-order valence-electron chi connectivity index (χ0n) is 20.3. The van der Waals surface area contributed by atoms with Gasteiger partial charge in [-0.2, -0.15) is 0 Å². The van der Waals surface area contributed by atoms with Crippen molar-refractivity contribution in [3.8, 4) is 0 Å². The number of nitrogens with one attached hydrogen (secondary N) is 1. The second-order valence-electron chi connectivity index (χ2n) is 10.6. The Morgan fingerprint density at radius 3 is 2.13 bits per heavy atom. The van der Waals surface area contributed by atoms with Crippen LogP contribution in [0.1, 0.15) is 83.6 Å². The second kappa shape index (κ2) is 8.54. The first-order chi connectivity index (χ1) is 14.4. The van der Waals surface area contributed by atoms with Crippen molar-refractivity contribution in [1.82, 2.24) is 0 Å². The Labute approximate surface area is 192 Å². The number of fused-ring (bicyclic) bond motifs is 1. The van der Waals surface area contributed by atoms with Gasteiger partial charge in [-0.1, -0.05) is 45.9 Å². The minimum Gasteiger partial charge on any atom is -0.465 e. The Kier molecular flexibility index (Phi) is 6.53. The van der Waals surface area contributed by atoms with E-state index in [1.165, 1.54) is 34.4 Å². The van der Waals surface area contributed by atoms with E-state index in [2.05, 4.69) is 51.5 Å². The van der Waals surface area contributed by atoms with Crippen molar-refractivity contribution in [2.45, 2.75) is 89.4 Å². The van der Waals surface area contributed by atoms with Gasteiger partial charge >= 0.3 is 5.97 Å². The van der Waals surface area contributed by atoms with Crippen molar-refractivity contribution in [2.75, 3.05) is 11.3 Å². The first kappa shape index (κ1) is 23.7. The number of rotatable bonds is 6. The molecule has 1 aliphatic carbocycles. The van der Waals surface area contributed by atoms with Crippen molar-refractivity contribution in [1.29, 1.82) is 0 Å². The Morgan fingerprint density at radius 1 is 1.03 bits per heavy atom. The SMILES string of the molecule is CCOC(=O)C(C)(C)c1ccc(NSc2cc3c(cc2C)C(C)(C)CCC3(C)C)cc1. The van der Waals surface area contributed by atoms with E-state index in [1.54, 1.807) is 11.9 Å². The summed E-state index contributed by atoms with van der Waals surface area (Å²) >= 11 is 1.66. The highest BCUT2D eigenvalue weighted by Gasteiger charge is 2.37. The van der Waals surface area contributed by atoms with Crippen LogP contribution in [0.2, 0.25) is 0 Å². The third kappa shape index (κ3) is 4.79. The summed E-state index contributed by atoms with van der Waals surface area (Å²) in [6, 6.07) is 12.9. The van der Waals surface area contributed by atoms with Gasteiger partial charge in [-0.25, -0.2) is 0 Å². The summed E-state index contributed by atoms with van der Waals surface area (Å²) < 4.78 is 8.72. The summed E-state index contributed by atoms with van der Waals surface area (Å²) in [6.07, 6.45) is 2.44. The molecule has 1 aliphatic rings. The molecule has 31 heavy (non-hydrogen) atoms. The monoisotopic (exact) mass is 439 g/mol. The number of anilines is 1. The molecule has 0 saturated heterocycles. The molecule has 0 saturated carbocycles. The summed E-state index contributed by atoms with van der Waals surface area (Å²) in [5, 5.41) is 0. The van der Waals surface area contributed by atoms with Crippen molar-refractivity contribution in [3.63, 3.8) is 0 Å². The van der Waals surface area contributed by atoms with Gasteiger partial charge in [0.2, 0.25) is 0 Å². The fraction of sp³-hybridized carbons (Fsp3) is 0.519. The molecule has 0 bridgehead atoms. The van der Waals surface area contributed by atoms with E-state index >= 15 is 0 Å². The van der Waals surface area contributed by atoms with Crippen LogP contribution in [0.4, 0.5) is 5.69 Å². The largest absolute Gasteiger partial charge is 0.465 e. The number of carbonyl (C=O) groups is 1. The quantitative estimate of drug-likeness (QED) is 0.378. The van der Waals surface area contributed by atoms with Crippen LogP contribution in [0.15, 0.2) is 41.3 Å². The molecule has 0 radical (unpaired) electrons. The minimum atomic E-state index is -0.658. The fourth-order valence-electron chi connectivity index (χ4n) is 4.31. The second-order valence-corrected chi connectivity index (χ2v) is 11.4. The van der Waals surface area contributed by atoms with Gasteiger partial charge in [0, 0.05) is 10.6 Å². The zero-order valence-corrected chi connectivity index (χ0v) is 21.1. The molecule has 1 N–H and O–H groups in total. The first-order valence-corrected chi connectivity index (χ1v) is 12.1. The van der Waals surface area contributed by atoms with E-state index < -0.39 is 5.41 Å². The van der Waals surface area contributed by atoms with E-state index in [1.807, 2.05) is 45.0 Å². The third-order valence-electron chi connectivity index (χ3n) is 6.82. The Balaban J connectivity index is 1.79. The third-order valence-corrected chi connectivity index (χ3v) is 7.82. The number of esters is 1. The average molecular weight is 440 g/mol. The lowest BCUT2D eigenvalue weighted by Gasteiger charge is -2.42. The standard InChI is InChI=1S/C27H37NO2S/c1-9-30-24(29)27(7,8)19-10-12-20(13-11-19)28-31-23-17-22-21(16-18(23)2)25(3,4)14-15-26(22,5)6/h10-13,16-17,28H,9,14-15H2,1-8H3. The summed E-state index contributed by atoms with van der Waals surface area (Å²) in [4.78, 5) is 13.5. The summed E-state index contributed by atoms with van der Waals surface area (Å²) in [6.45, 7) is 17.7. The average Bonchev–Trinajstić information content (AvgIpc) is 2.71. The van der Waals surface area contributed by atoms with Gasteiger partial charge in [0.05, 0.1) is 12.0 Å². The van der Waals surface area contributed by atoms with Gasteiger partial charge in [-0.3, -0.25) is 4.79 Å². The van der Waals surface area contributed by atoms with Crippen LogP contribution in [-0.2, 0) is 25.8 Å². The van der Waals surface area contributed by atoms with Crippen molar-refractivity contribution in [3.05, 3.63) is 58.7 Å². The van der Waals surface area contributed by atoms with Gasteiger partial charge in [0.25, 0.3) is 0 Å². The smallest absolute Gasteiger partial charge is 0.315 e. The molecule has 0 spiro atoms. The fourth-order valence-corrected chi connectivity index (χ4v) is 5.07. The molecule has 4 heteroatoms. The maximum absolute atomic E-state index is 12.3. The molecule has 3 rings (SSSR count). The first-order valence-electron chi connectivity index (χ1n) is 11.2. The van der Waals surface area contributed by atoms with Crippen LogP contribution in [0.3, 0.4) is 0 Å². The molecule has 0 aliphatic heterocycles. The van der Waals surface area contributed by atoms with Gasteiger partial charge in [0.15, 0.2) is 0 Å². The Hall–Kier alpha value is -1.94. The molecule has 0 aromatic heterocycles. The highest BCUT2D eigenvalue weighted by atomic mass is 32.2. The van der Waals surface area contributed by atoms with Crippen LogP contribution < -0.4 is 4.72 Å². The normalized spacial score (nSPS) is 17.0. The highest BCUT2D eigenvalue weighted by molar-refractivity contribution is 8.00. The lowest BCUT2D eigenvalue weighted by atomic mass is 9.63. The van der Waals surface area contributed by atoms with E-state index in [-0.39, 0.29) is 16.8 Å². The van der Waals surface area contributed by atoms with Crippen molar-refractivity contribution < 1.29 is 9.53 Å². The van der Waals surface area contributed by atoms with E-state index in [9.17, 15) is 4.79 Å². The molecule has 0 heterocycles. The zero-order chi connectivity index (χ0) is 23.0. The van der Waals surface area contributed by atoms with E-state index in [4.69, 9.17) is 4.74 Å². The maximum Gasteiger partial charge on any atom is 0.315 e. The lowest BCUT2D eigenvalue weighted by molar-refractivity contribution is -0.148. The maximum atomic E-state index is 12.3. The number of ether oxygens (including phenoxy) is 1. The lowest BCUT2D eigenvalue weighted by Crippen LogP contribution is -2.34. The molecule has 3 nitrogen and oxygen atoms in total. The Morgan fingerprint density at radius 2 is 1.58 bits per heavy atom. The Bertz CT molecular complexity index is 958. The molecule has 0 amide bonds. The van der Waals surface area contributed by atoms with Crippen molar-refractivity contribution >= 4 is 23.6 Å². The molecule has 0 unspecified atom stereocenters. The van der Waals surface area contributed by atoms with Crippen LogP contribution >= 0.6 is 11.9 Å². The molecule has 168 valence electrons. The van der Waals surface area contributed by atoms with Crippen LogP contribution in [0.25, 0.3) is 0 Å². The molecule has 2 aromatic carbocycles. The predicted molar refractivity (Wildman–Crippen MR) is 132 cm³/mol. The van der Waals surface area contributed by atoms with Crippen molar-refractivity contribution in [2.24, 2.45) is 0 Å². The van der Waals surface area contributed by atoms with Crippen LogP contribution in [-0.4, -0.2) is 12.6 Å². The number of aryl methyl sites for hydroxylation is 1. The minimum absolute atomic E-state index is 0.194. The number of benzene rings is 2. The van der Waals surface area contributed by atoms with Crippen LogP contribution in [0.5, 0.6) is 0 Å². The van der Waals surface area contributed by atoms with E-state index in [0.717, 1.165) is 11.3 Å². The molecular weight excluding hydrogens is 402 g/mol. The summed E-state index contributed by atoms with van der Waals surface area (Å²) in [5.74, 6) is -0.194. The number of hydrogen-bond acceptors (Lipinski definition) is 4. The number of carbonyl (C=O) groups excluding carboxylic acids is 1. The topological polar surface area (TPSA) is 38.3 Å². The summed E-state index contributed by atoms with van der Waals surface area (Å²) in [7, 11) is 0. The highest BCUT2D eigenvalue weighted by Crippen LogP contribution is 2.47. The molecule has 2 aromatic rings.